The lowest BCUT2D eigenvalue weighted by Crippen LogP contribution is -2.48. The molecule has 1 aromatic carbocycles. The van der Waals surface area contributed by atoms with Gasteiger partial charge in [0.05, 0.1) is 0 Å². The molecule has 0 aromatic heterocycles. The fourth-order valence-electron chi connectivity index (χ4n) is 2.46. The number of thioether (sulfide) groups is 1. The summed E-state index contributed by atoms with van der Waals surface area (Å²) in [5, 5.41) is 9.55. The summed E-state index contributed by atoms with van der Waals surface area (Å²) >= 11 is 1.65. The summed E-state index contributed by atoms with van der Waals surface area (Å²) in [6, 6.07) is 4.97. The van der Waals surface area contributed by atoms with Gasteiger partial charge in [0.2, 0.25) is 0 Å². The topological polar surface area (TPSA) is 83.6 Å². The van der Waals surface area contributed by atoms with Crippen LogP contribution < -0.4 is 10.6 Å². The van der Waals surface area contributed by atoms with Crippen molar-refractivity contribution in [2.45, 2.75) is 25.3 Å². The lowest BCUT2D eigenvalue weighted by atomic mass is 10.1. The van der Waals surface area contributed by atoms with E-state index in [1.54, 1.807) is 37.7 Å². The van der Waals surface area contributed by atoms with Crippen LogP contribution >= 0.6 is 11.8 Å². The Bertz CT molecular complexity index is 602. The number of benzene rings is 1. The van der Waals surface area contributed by atoms with Crippen molar-refractivity contribution in [2.24, 2.45) is 5.73 Å². The van der Waals surface area contributed by atoms with Crippen LogP contribution in [0.25, 0.3) is 0 Å². The molecule has 1 aromatic rings. The van der Waals surface area contributed by atoms with Gasteiger partial charge in [0.15, 0.2) is 9.84 Å². The number of hydrogen-bond acceptors (Lipinski definition) is 6. The van der Waals surface area contributed by atoms with E-state index in [1.165, 1.54) is 0 Å². The van der Waals surface area contributed by atoms with Crippen LogP contribution in [-0.4, -0.2) is 42.7 Å². The summed E-state index contributed by atoms with van der Waals surface area (Å²) < 4.78 is 24.5. The number of nitrogens with zero attached hydrogens (tertiary/aromatic N) is 1. The van der Waals surface area contributed by atoms with Crippen molar-refractivity contribution in [1.29, 1.82) is 0 Å². The van der Waals surface area contributed by atoms with E-state index in [4.69, 9.17) is 5.73 Å². The summed E-state index contributed by atoms with van der Waals surface area (Å²) in [5.74, 6) is 1.68. The Labute approximate surface area is 130 Å². The van der Waals surface area contributed by atoms with Gasteiger partial charge in [-0.25, -0.2) is 8.42 Å². The molecule has 5 nitrogen and oxygen atoms in total. The van der Waals surface area contributed by atoms with Gasteiger partial charge in [0.25, 0.3) is 0 Å². The molecule has 1 fully saturated rings. The first-order valence-electron chi connectivity index (χ1n) is 7.01. The molecule has 2 unspecified atom stereocenters. The molecule has 0 aliphatic carbocycles. The number of sulfone groups is 1. The average Bonchev–Trinajstić information content (AvgIpc) is 2.46. The highest BCUT2D eigenvalue weighted by atomic mass is 32.2. The molecule has 1 aliphatic rings. The second-order valence-electron chi connectivity index (χ2n) is 5.21. The summed E-state index contributed by atoms with van der Waals surface area (Å²) in [6.45, 7) is 4.13. The number of rotatable bonds is 4. The normalized spacial score (nSPS) is 21.3. The van der Waals surface area contributed by atoms with Crippen LogP contribution in [0.1, 0.15) is 25.5 Å². The second-order valence-corrected chi connectivity index (χ2v) is 8.80. The van der Waals surface area contributed by atoms with Crippen molar-refractivity contribution in [2.75, 3.05) is 28.7 Å². The third kappa shape index (κ3) is 3.46. The first-order chi connectivity index (χ1) is 9.86. The van der Waals surface area contributed by atoms with Crippen molar-refractivity contribution in [1.82, 2.24) is 0 Å². The predicted octanol–water partition coefficient (Wildman–Crippen LogP) is 1.73. The third-order valence-corrected chi connectivity index (χ3v) is 7.03. The van der Waals surface area contributed by atoms with Crippen LogP contribution in [0.4, 0.5) is 5.69 Å². The monoisotopic (exact) mass is 330 g/mol. The van der Waals surface area contributed by atoms with Gasteiger partial charge in [0, 0.05) is 47.2 Å². The standard InChI is InChI=1S/C14H22N2O3S2/c1-3-21(18,19)14-9-20-7-6-16(14)11-4-5-12(10(2)15)13(17)8-11/h4-5,8,10,14,17H,3,6-7,9,15H2,1-2H3. The minimum Gasteiger partial charge on any atom is -0.508 e. The maximum atomic E-state index is 12.3. The molecule has 1 heterocycles. The zero-order chi connectivity index (χ0) is 15.6. The fourth-order valence-corrected chi connectivity index (χ4v) is 5.45. The Morgan fingerprint density at radius 2 is 2.24 bits per heavy atom. The number of nitrogens with two attached hydrogens (primary N) is 1. The summed E-state index contributed by atoms with van der Waals surface area (Å²) in [5.41, 5.74) is 7.19. The van der Waals surface area contributed by atoms with Gasteiger partial charge in [-0.2, -0.15) is 11.8 Å². The Morgan fingerprint density at radius 1 is 1.52 bits per heavy atom. The Balaban J connectivity index is 2.36. The molecule has 1 aliphatic heterocycles. The number of hydrogen-bond donors (Lipinski definition) is 2. The first-order valence-corrected chi connectivity index (χ1v) is 9.88. The van der Waals surface area contributed by atoms with Crippen LogP contribution in [-0.2, 0) is 9.84 Å². The minimum atomic E-state index is -3.16. The molecule has 0 bridgehead atoms. The van der Waals surface area contributed by atoms with Crippen molar-refractivity contribution in [3.05, 3.63) is 23.8 Å². The molecule has 0 amide bonds. The lowest BCUT2D eigenvalue weighted by molar-refractivity contribution is 0.463. The molecule has 7 heteroatoms. The predicted molar refractivity (Wildman–Crippen MR) is 88.6 cm³/mol. The second kappa shape index (κ2) is 6.46. The van der Waals surface area contributed by atoms with Crippen LogP contribution in [0.15, 0.2) is 18.2 Å². The molecule has 3 N–H and O–H groups in total. The maximum absolute atomic E-state index is 12.3. The average molecular weight is 330 g/mol. The van der Waals surface area contributed by atoms with Crippen LogP contribution in [0.2, 0.25) is 0 Å². The number of aromatic hydroxyl groups is 1. The van der Waals surface area contributed by atoms with E-state index >= 15 is 0 Å². The van der Waals surface area contributed by atoms with E-state index in [9.17, 15) is 13.5 Å². The SMILES string of the molecule is CCS(=O)(=O)C1CSCCN1c1ccc(C(C)N)c(O)c1. The maximum Gasteiger partial charge on any atom is 0.171 e. The van der Waals surface area contributed by atoms with Gasteiger partial charge in [-0.15, -0.1) is 0 Å². The summed E-state index contributed by atoms with van der Waals surface area (Å²) in [7, 11) is -3.16. The molecule has 21 heavy (non-hydrogen) atoms. The molecule has 1 saturated heterocycles. The minimum absolute atomic E-state index is 0.119. The summed E-state index contributed by atoms with van der Waals surface area (Å²) in [4.78, 5) is 1.88. The molecule has 0 saturated carbocycles. The zero-order valence-electron chi connectivity index (χ0n) is 12.3. The largest absolute Gasteiger partial charge is 0.508 e. The fraction of sp³-hybridized carbons (Fsp3) is 0.571. The smallest absolute Gasteiger partial charge is 0.171 e. The Morgan fingerprint density at radius 3 is 2.81 bits per heavy atom. The molecule has 0 radical (unpaired) electrons. The number of phenols is 1. The molecular formula is C14H22N2O3S2. The van der Waals surface area contributed by atoms with Crippen molar-refractivity contribution >= 4 is 27.3 Å². The molecule has 2 rings (SSSR count). The van der Waals surface area contributed by atoms with Crippen molar-refractivity contribution in [3.8, 4) is 5.75 Å². The molecule has 0 spiro atoms. The van der Waals surface area contributed by atoms with Crippen LogP contribution in [0.3, 0.4) is 0 Å². The Hall–Kier alpha value is -0.920. The quantitative estimate of drug-likeness (QED) is 0.875. The highest BCUT2D eigenvalue weighted by molar-refractivity contribution is 8.01. The van der Waals surface area contributed by atoms with Gasteiger partial charge in [-0.1, -0.05) is 13.0 Å². The van der Waals surface area contributed by atoms with E-state index in [2.05, 4.69) is 0 Å². The van der Waals surface area contributed by atoms with Gasteiger partial charge in [0.1, 0.15) is 11.1 Å². The van der Waals surface area contributed by atoms with Crippen LogP contribution in [0.5, 0.6) is 5.75 Å². The van der Waals surface area contributed by atoms with Gasteiger partial charge < -0.3 is 15.7 Å². The highest BCUT2D eigenvalue weighted by Crippen LogP contribution is 2.32. The van der Waals surface area contributed by atoms with E-state index in [0.717, 1.165) is 11.4 Å². The first kappa shape index (κ1) is 16.5. The van der Waals surface area contributed by atoms with E-state index < -0.39 is 15.2 Å². The van der Waals surface area contributed by atoms with E-state index in [1.807, 2.05) is 11.0 Å². The number of anilines is 1. The highest BCUT2D eigenvalue weighted by Gasteiger charge is 2.33. The van der Waals surface area contributed by atoms with Gasteiger partial charge in [-0.3, -0.25) is 0 Å². The third-order valence-electron chi connectivity index (χ3n) is 3.74. The molecule has 118 valence electrons. The summed E-state index contributed by atoms with van der Waals surface area (Å²) in [6.07, 6.45) is 0. The van der Waals surface area contributed by atoms with Gasteiger partial charge >= 0.3 is 0 Å². The number of phenolic OH excluding ortho intramolecular Hbond substituents is 1. The van der Waals surface area contributed by atoms with Crippen LogP contribution in [0, 0.1) is 0 Å². The van der Waals surface area contributed by atoms with Crippen molar-refractivity contribution < 1.29 is 13.5 Å². The molecule has 2 atom stereocenters. The van der Waals surface area contributed by atoms with Gasteiger partial charge in [-0.05, 0) is 13.0 Å². The molecular weight excluding hydrogens is 308 g/mol. The van der Waals surface area contributed by atoms with E-state index in [-0.39, 0.29) is 17.5 Å². The van der Waals surface area contributed by atoms with E-state index in [0.29, 0.717) is 17.9 Å². The lowest BCUT2D eigenvalue weighted by Gasteiger charge is -2.36. The van der Waals surface area contributed by atoms with Crippen molar-refractivity contribution in [3.63, 3.8) is 0 Å². The Kier molecular flexibility index (Phi) is 5.06. The zero-order valence-corrected chi connectivity index (χ0v) is 14.0.